The molecule has 121 heavy (non-hydrogen) atoms. The van der Waals surface area contributed by atoms with E-state index in [-0.39, 0.29) is 5.28 Å². The van der Waals surface area contributed by atoms with Crippen molar-refractivity contribution < 1.29 is 0 Å². The number of nitrogens with one attached hydrogen (secondary N) is 1. The molecule has 0 spiro atoms. The van der Waals surface area contributed by atoms with E-state index in [4.69, 9.17) is 21.6 Å². The fraction of sp³-hybridized carbons (Fsp3) is 0. The van der Waals surface area contributed by atoms with E-state index >= 15 is 0 Å². The zero-order chi connectivity index (χ0) is 80.3. The molecule has 0 unspecified atom stereocenters. The van der Waals surface area contributed by atoms with Crippen LogP contribution in [0, 0.1) is 0 Å². The second-order valence-corrected chi connectivity index (χ2v) is 30.8. The molecule has 9 heteroatoms. The summed E-state index contributed by atoms with van der Waals surface area (Å²) in [4.78, 5) is 22.0. The minimum Gasteiger partial charge on any atom is -0.354 e. The average Bonchev–Trinajstić information content (AvgIpc) is 1.55. The zero-order valence-corrected chi connectivity index (χ0v) is 66.3. The van der Waals surface area contributed by atoms with Crippen molar-refractivity contribution in [3.05, 3.63) is 442 Å². The molecule has 0 aliphatic carbocycles. The van der Waals surface area contributed by atoms with Gasteiger partial charge in [-0.25, -0.2) is 19.9 Å². The van der Waals surface area contributed by atoms with E-state index in [9.17, 15) is 0 Å². The minimum atomic E-state index is 0.266. The Morgan fingerprint density at radius 1 is 0.223 bits per heavy atom. The lowest BCUT2D eigenvalue weighted by Crippen LogP contribution is -2.15. The lowest BCUT2D eigenvalue weighted by Gasteiger charge is -2.26. The van der Waals surface area contributed by atoms with Crippen LogP contribution in [0.25, 0.3) is 188 Å². The molecule has 0 saturated carbocycles. The highest BCUT2D eigenvalue weighted by atomic mass is 35.5. The molecular weight excluding hydrogens is 1490 g/mol. The van der Waals surface area contributed by atoms with Gasteiger partial charge in [0.05, 0.1) is 56.2 Å². The van der Waals surface area contributed by atoms with Crippen LogP contribution in [0.5, 0.6) is 0 Å². The van der Waals surface area contributed by atoms with Gasteiger partial charge in [0, 0.05) is 99.9 Å². The quantitative estimate of drug-likeness (QED) is 0.145. The first kappa shape index (κ1) is 71.7. The lowest BCUT2D eigenvalue weighted by molar-refractivity contribution is 1.11. The van der Waals surface area contributed by atoms with Crippen LogP contribution in [0.3, 0.4) is 0 Å². The number of hydrogen-bond acceptors (Lipinski definition) is 6. The van der Waals surface area contributed by atoms with Crippen LogP contribution in [-0.4, -0.2) is 29.1 Å². The molecule has 1 N–H and O–H groups in total. The SMILES string of the molecule is Clc1nc(-c2ccc(-c3cccc4ccccc34)cc2)c2ccccc2n1.c1ccc(-c2cccc3c4c(n(-c5ccccc5)c23)-c2ccccc2N(c2nc(-c3ccc(-c5cccc6ccccc56)cc3)c3ccccc3n2)c2ccccc2-4)cc1.c1ccc(-c2cccc3c4c(n(-c5ccccc5)c23)-c2ccccc2Nc2ccccc2-4)cc1. The second-order valence-electron chi connectivity index (χ2n) is 30.5. The Morgan fingerprint density at radius 2 is 0.562 bits per heavy atom. The van der Waals surface area contributed by atoms with E-state index in [0.717, 1.165) is 95.3 Å². The number of hydrogen-bond donors (Lipinski definition) is 1. The van der Waals surface area contributed by atoms with Crippen LogP contribution < -0.4 is 10.2 Å². The van der Waals surface area contributed by atoms with Crippen molar-refractivity contribution in [1.82, 2.24) is 29.1 Å². The number of aromatic nitrogens is 6. The first-order chi connectivity index (χ1) is 60.0. The molecule has 2 aliphatic heterocycles. The molecule has 2 aliphatic rings. The Hall–Kier alpha value is -15.9. The van der Waals surface area contributed by atoms with Gasteiger partial charge in [-0.2, -0.15) is 0 Å². The Bertz CT molecular complexity index is 7730. The van der Waals surface area contributed by atoms with Crippen molar-refractivity contribution in [2.45, 2.75) is 0 Å². The van der Waals surface area contributed by atoms with Gasteiger partial charge in [0.1, 0.15) is 0 Å². The van der Waals surface area contributed by atoms with Crippen LogP contribution in [0.4, 0.5) is 28.7 Å². The normalized spacial score (nSPS) is 11.7. The number of nitrogens with zero attached hydrogens (tertiary/aromatic N) is 7. The van der Waals surface area contributed by atoms with Gasteiger partial charge in [-0.05, 0) is 127 Å². The van der Waals surface area contributed by atoms with E-state index in [2.05, 4.69) is 442 Å². The maximum absolute atomic E-state index is 6.14. The predicted molar refractivity (Wildman–Crippen MR) is 505 cm³/mol. The summed E-state index contributed by atoms with van der Waals surface area (Å²) in [6.45, 7) is 0. The molecule has 24 rings (SSSR count). The molecule has 4 aromatic heterocycles. The summed E-state index contributed by atoms with van der Waals surface area (Å²) in [7, 11) is 0. The van der Waals surface area contributed by atoms with Crippen molar-refractivity contribution in [3.63, 3.8) is 0 Å². The zero-order valence-electron chi connectivity index (χ0n) is 65.6. The van der Waals surface area contributed by atoms with Crippen molar-refractivity contribution in [2.75, 3.05) is 10.2 Å². The van der Waals surface area contributed by atoms with Gasteiger partial charge in [-0.15, -0.1) is 0 Å². The largest absolute Gasteiger partial charge is 0.354 e. The van der Waals surface area contributed by atoms with Crippen LogP contribution >= 0.6 is 11.6 Å². The summed E-state index contributed by atoms with van der Waals surface area (Å²) < 4.78 is 4.92. The van der Waals surface area contributed by atoms with Crippen LogP contribution in [0.1, 0.15) is 0 Å². The molecule has 0 radical (unpaired) electrons. The Balaban J connectivity index is 0.000000121. The Labute approximate surface area is 705 Å². The molecule has 6 heterocycles. The highest BCUT2D eigenvalue weighted by molar-refractivity contribution is 6.29. The summed E-state index contributed by atoms with van der Waals surface area (Å²) in [5.41, 5.74) is 33.6. The number of para-hydroxylation sites is 10. The van der Waals surface area contributed by atoms with Crippen LogP contribution in [-0.2, 0) is 0 Å². The molecule has 0 amide bonds. The molecule has 18 aromatic carbocycles. The lowest BCUT2D eigenvalue weighted by atomic mass is 9.96. The Kier molecular flexibility index (Phi) is 18.1. The van der Waals surface area contributed by atoms with Gasteiger partial charge in [0.15, 0.2) is 0 Å². The molecule has 0 bridgehead atoms. The summed E-state index contributed by atoms with van der Waals surface area (Å²) in [5.74, 6) is 0.618. The molecular formula is C112H73ClN8. The highest BCUT2D eigenvalue weighted by Crippen LogP contribution is 2.57. The average molecular weight is 1570 g/mol. The molecule has 568 valence electrons. The van der Waals surface area contributed by atoms with Gasteiger partial charge in [0.25, 0.3) is 0 Å². The predicted octanol–water partition coefficient (Wildman–Crippen LogP) is 30.3. The molecule has 0 saturated heterocycles. The van der Waals surface area contributed by atoms with Gasteiger partial charge >= 0.3 is 0 Å². The van der Waals surface area contributed by atoms with E-state index < -0.39 is 0 Å². The first-order valence-corrected chi connectivity index (χ1v) is 41.2. The molecule has 0 fully saturated rings. The van der Waals surface area contributed by atoms with Crippen molar-refractivity contribution in [3.8, 4) is 123 Å². The monoisotopic (exact) mass is 1560 g/mol. The first-order valence-electron chi connectivity index (χ1n) is 40.9. The third-order valence-electron chi connectivity index (χ3n) is 23.5. The summed E-state index contributed by atoms with van der Waals surface area (Å²) in [6, 6.07) is 155. The van der Waals surface area contributed by atoms with E-state index in [1.165, 1.54) is 116 Å². The number of fused-ring (bicyclic) bond motifs is 18. The fourth-order valence-electron chi connectivity index (χ4n) is 18.2. The summed E-state index contributed by atoms with van der Waals surface area (Å²) >= 11 is 6.14. The summed E-state index contributed by atoms with van der Waals surface area (Å²) in [6.07, 6.45) is 0. The van der Waals surface area contributed by atoms with Gasteiger partial charge < -0.3 is 14.5 Å². The van der Waals surface area contributed by atoms with Crippen molar-refractivity contribution >= 4 is 105 Å². The second kappa shape index (κ2) is 30.6. The van der Waals surface area contributed by atoms with Crippen LogP contribution in [0.15, 0.2) is 437 Å². The van der Waals surface area contributed by atoms with Gasteiger partial charge in [-0.1, -0.05) is 376 Å². The molecule has 22 aromatic rings. The third kappa shape index (κ3) is 12.7. The standard InChI is InChI=1S/C56H36N4.C32H22N2.C24H15ClN2/c1-3-17-38(18-4-1)44-28-16-29-48-52-46-25-10-13-31-50(46)60(51-32-14-11-26-47(51)55(52)59(54(44)48)41-21-5-2-6-22-41)56-57-49-30-12-9-24-45(49)53(58-56)40-35-33-39(34-36-40)43-27-15-20-37-19-7-8-23-42(37)43;1-3-12-22(13-4-1)24-18-11-19-27-30-25-16-7-9-20-28(25)33-29-21-10-8-17-26(29)32(30)34(31(24)27)23-14-5-2-6-15-23;25-24-26-22-11-4-3-9-21(22)23(27-24)18-14-12-17(13-15-18)20-10-5-7-16-6-1-2-8-19(16)20/h1-36H;1-21,33H;1-15H. The van der Waals surface area contributed by atoms with Gasteiger partial charge in [0.2, 0.25) is 11.2 Å². The molecule has 0 atom stereocenters. The number of halogens is 1. The summed E-state index contributed by atoms with van der Waals surface area (Å²) in [5, 5.41) is 13.4. The molecule has 8 nitrogen and oxygen atoms in total. The highest BCUT2D eigenvalue weighted by Gasteiger charge is 2.35. The van der Waals surface area contributed by atoms with E-state index in [0.29, 0.717) is 5.95 Å². The smallest absolute Gasteiger partial charge is 0.235 e. The third-order valence-corrected chi connectivity index (χ3v) is 23.7. The maximum Gasteiger partial charge on any atom is 0.235 e. The fourth-order valence-corrected chi connectivity index (χ4v) is 18.3. The van der Waals surface area contributed by atoms with Crippen molar-refractivity contribution in [1.29, 1.82) is 0 Å². The van der Waals surface area contributed by atoms with E-state index in [1.807, 2.05) is 24.3 Å². The van der Waals surface area contributed by atoms with E-state index in [1.54, 1.807) is 0 Å². The van der Waals surface area contributed by atoms with Crippen molar-refractivity contribution in [2.24, 2.45) is 0 Å². The maximum atomic E-state index is 6.14. The topological polar surface area (TPSA) is 76.7 Å². The number of rotatable bonds is 9. The Morgan fingerprint density at radius 3 is 1.10 bits per heavy atom. The van der Waals surface area contributed by atoms with Gasteiger partial charge in [-0.3, -0.25) is 4.90 Å². The minimum absolute atomic E-state index is 0.266. The van der Waals surface area contributed by atoms with Crippen LogP contribution in [0.2, 0.25) is 5.28 Å². The number of benzene rings is 18. The number of anilines is 5.